The third kappa shape index (κ3) is 4.16. The molecule has 1 aromatic heterocycles. The Bertz CT molecular complexity index is 588. The number of nitrogens with one attached hydrogen (secondary N) is 1. The van der Waals surface area contributed by atoms with E-state index in [0.717, 1.165) is 44.9 Å². The number of alkyl halides is 2. The summed E-state index contributed by atoms with van der Waals surface area (Å²) >= 11 is 0. The summed E-state index contributed by atoms with van der Waals surface area (Å²) in [7, 11) is 0. The van der Waals surface area contributed by atoms with Gasteiger partial charge in [-0.2, -0.15) is 8.78 Å². The summed E-state index contributed by atoms with van der Waals surface area (Å²) in [6.07, 6.45) is 5.95. The summed E-state index contributed by atoms with van der Waals surface area (Å²) in [4.78, 5) is 14.2. The predicted octanol–water partition coefficient (Wildman–Crippen LogP) is 2.10. The molecule has 24 heavy (non-hydrogen) atoms. The Morgan fingerprint density at radius 3 is 2.62 bits per heavy atom. The molecule has 3 fully saturated rings. The van der Waals surface area contributed by atoms with Gasteiger partial charge in [0.2, 0.25) is 5.95 Å². The normalized spacial score (nSPS) is 26.3. The first-order chi connectivity index (χ1) is 11.6. The number of halogens is 2. The number of anilines is 1. The summed E-state index contributed by atoms with van der Waals surface area (Å²) in [5, 5.41) is 2.84. The molecule has 7 nitrogen and oxygen atoms in total. The van der Waals surface area contributed by atoms with Crippen molar-refractivity contribution < 1.29 is 18.3 Å². The highest BCUT2D eigenvalue weighted by Crippen LogP contribution is 2.29. The van der Waals surface area contributed by atoms with Crippen molar-refractivity contribution in [3.8, 4) is 5.75 Å². The maximum Gasteiger partial charge on any atom is 0.387 e. The Balaban J connectivity index is 1.62. The van der Waals surface area contributed by atoms with Crippen molar-refractivity contribution in [2.45, 2.75) is 25.6 Å². The van der Waals surface area contributed by atoms with Gasteiger partial charge in [0.25, 0.3) is 6.02 Å². The van der Waals surface area contributed by atoms with E-state index in [4.69, 9.17) is 4.74 Å². The zero-order valence-electron chi connectivity index (χ0n) is 13.1. The number of hydrogen-bond donors (Lipinski definition) is 1. The van der Waals surface area contributed by atoms with Gasteiger partial charge in [0.15, 0.2) is 5.75 Å². The SMILES string of the molecule is C=CN=C(Nc1ncc(OC(F)F)cn1)O[C@H]1CN2CCC1CC2. The van der Waals surface area contributed by atoms with Crippen LogP contribution in [0.15, 0.2) is 30.2 Å². The van der Waals surface area contributed by atoms with Gasteiger partial charge in [-0.05, 0) is 31.8 Å². The first-order valence-corrected chi connectivity index (χ1v) is 7.75. The van der Waals surface area contributed by atoms with Crippen molar-refractivity contribution in [1.82, 2.24) is 14.9 Å². The fourth-order valence-electron chi connectivity index (χ4n) is 3.00. The number of aliphatic imine (C=N–C) groups is 1. The van der Waals surface area contributed by atoms with Crippen LogP contribution in [0.3, 0.4) is 0 Å². The Kier molecular flexibility index (Phi) is 5.19. The van der Waals surface area contributed by atoms with E-state index in [0.29, 0.717) is 5.92 Å². The Labute approximate surface area is 138 Å². The highest BCUT2D eigenvalue weighted by molar-refractivity contribution is 5.87. The van der Waals surface area contributed by atoms with Gasteiger partial charge in [-0.1, -0.05) is 6.58 Å². The molecule has 4 rings (SSSR count). The standard InChI is InChI=1S/C15H19F2N5O2/c1-2-18-15(24-12-9-22-5-3-10(12)4-6-22)21-14-19-7-11(8-20-14)23-13(16)17/h2,7-8,10,12-13H,1,3-6,9H2,(H,18,19,20,21)/t12-/m0/s1. The highest BCUT2D eigenvalue weighted by Gasteiger charge is 2.36. The molecule has 0 aromatic carbocycles. The maximum atomic E-state index is 12.1. The molecule has 0 saturated carbocycles. The van der Waals surface area contributed by atoms with Crippen LogP contribution < -0.4 is 10.1 Å². The quantitative estimate of drug-likeness (QED) is 0.654. The monoisotopic (exact) mass is 339 g/mol. The minimum Gasteiger partial charge on any atom is -0.460 e. The number of nitrogens with zero attached hydrogens (tertiary/aromatic N) is 4. The maximum absolute atomic E-state index is 12.1. The molecule has 4 heterocycles. The molecule has 3 aliphatic rings. The fourth-order valence-corrected chi connectivity index (χ4v) is 3.00. The molecule has 0 unspecified atom stereocenters. The van der Waals surface area contributed by atoms with Crippen LogP contribution in [0, 0.1) is 5.92 Å². The van der Waals surface area contributed by atoms with Crippen LogP contribution in [0.5, 0.6) is 5.75 Å². The Morgan fingerprint density at radius 1 is 1.38 bits per heavy atom. The van der Waals surface area contributed by atoms with Crippen LogP contribution in [0.2, 0.25) is 0 Å². The molecule has 0 radical (unpaired) electrons. The lowest BCUT2D eigenvalue weighted by molar-refractivity contribution is -0.0503. The zero-order valence-corrected chi connectivity index (χ0v) is 13.1. The lowest BCUT2D eigenvalue weighted by atomic mass is 9.86. The van der Waals surface area contributed by atoms with Crippen LogP contribution in [0.1, 0.15) is 12.8 Å². The fraction of sp³-hybridized carbons (Fsp3) is 0.533. The molecule has 3 saturated heterocycles. The van der Waals surface area contributed by atoms with Gasteiger partial charge < -0.3 is 9.47 Å². The van der Waals surface area contributed by atoms with Gasteiger partial charge in [0.05, 0.1) is 12.4 Å². The second-order valence-corrected chi connectivity index (χ2v) is 5.66. The Morgan fingerprint density at radius 2 is 2.08 bits per heavy atom. The van der Waals surface area contributed by atoms with E-state index in [1.54, 1.807) is 0 Å². The lowest BCUT2D eigenvalue weighted by Crippen LogP contribution is -2.52. The van der Waals surface area contributed by atoms with Crippen LogP contribution in [-0.4, -0.2) is 53.2 Å². The molecule has 0 spiro atoms. The van der Waals surface area contributed by atoms with E-state index in [2.05, 4.69) is 36.5 Å². The van der Waals surface area contributed by atoms with Crippen molar-refractivity contribution in [1.29, 1.82) is 0 Å². The molecule has 9 heteroatoms. The molecule has 1 N–H and O–H groups in total. The number of piperidine rings is 3. The van der Waals surface area contributed by atoms with Gasteiger partial charge in [0.1, 0.15) is 6.10 Å². The molecule has 1 atom stereocenters. The predicted molar refractivity (Wildman–Crippen MR) is 84.0 cm³/mol. The molecule has 1 aromatic rings. The van der Waals surface area contributed by atoms with Gasteiger partial charge in [0, 0.05) is 12.7 Å². The van der Waals surface area contributed by atoms with E-state index in [-0.39, 0.29) is 23.8 Å². The topological polar surface area (TPSA) is 71.9 Å². The van der Waals surface area contributed by atoms with Gasteiger partial charge in [-0.25, -0.2) is 15.0 Å². The number of ether oxygens (including phenoxy) is 2. The number of aromatic nitrogens is 2. The van der Waals surface area contributed by atoms with Crippen LogP contribution in [-0.2, 0) is 4.74 Å². The number of amidine groups is 1. The lowest BCUT2D eigenvalue weighted by Gasteiger charge is -2.44. The summed E-state index contributed by atoms with van der Waals surface area (Å²) in [5.41, 5.74) is 0. The van der Waals surface area contributed by atoms with Crippen molar-refractivity contribution in [3.05, 3.63) is 25.2 Å². The first kappa shape index (κ1) is 16.6. The van der Waals surface area contributed by atoms with Crippen LogP contribution in [0.4, 0.5) is 14.7 Å². The van der Waals surface area contributed by atoms with Crippen LogP contribution >= 0.6 is 0 Å². The van der Waals surface area contributed by atoms with E-state index >= 15 is 0 Å². The van der Waals surface area contributed by atoms with Crippen molar-refractivity contribution in [2.24, 2.45) is 10.9 Å². The van der Waals surface area contributed by atoms with Crippen molar-refractivity contribution >= 4 is 12.0 Å². The minimum absolute atomic E-state index is 0.0557. The number of hydrogen-bond acceptors (Lipinski definition) is 6. The molecule has 0 aliphatic carbocycles. The summed E-state index contributed by atoms with van der Waals surface area (Å²) in [6, 6.07) is 0.242. The third-order valence-corrected chi connectivity index (χ3v) is 4.14. The zero-order chi connectivity index (χ0) is 16.9. The second kappa shape index (κ2) is 7.52. The van der Waals surface area contributed by atoms with Gasteiger partial charge >= 0.3 is 6.61 Å². The van der Waals surface area contributed by atoms with Gasteiger partial charge in [-0.15, -0.1) is 0 Å². The molecule has 0 amide bonds. The van der Waals surface area contributed by atoms with E-state index in [1.807, 2.05) is 0 Å². The average Bonchev–Trinajstić information content (AvgIpc) is 2.57. The van der Waals surface area contributed by atoms with Crippen molar-refractivity contribution in [2.75, 3.05) is 25.0 Å². The number of rotatable bonds is 5. The smallest absolute Gasteiger partial charge is 0.387 e. The molecular weight excluding hydrogens is 320 g/mol. The molecule has 130 valence electrons. The molecule has 2 bridgehead atoms. The summed E-state index contributed by atoms with van der Waals surface area (Å²) in [5.74, 6) is 0.573. The molecular formula is C15H19F2N5O2. The van der Waals surface area contributed by atoms with E-state index in [1.165, 1.54) is 6.20 Å². The highest BCUT2D eigenvalue weighted by atomic mass is 19.3. The van der Waals surface area contributed by atoms with Crippen LogP contribution in [0.25, 0.3) is 0 Å². The number of fused-ring (bicyclic) bond motifs is 3. The van der Waals surface area contributed by atoms with E-state index < -0.39 is 6.61 Å². The molecule has 3 aliphatic heterocycles. The van der Waals surface area contributed by atoms with Gasteiger partial charge in [-0.3, -0.25) is 10.2 Å². The van der Waals surface area contributed by atoms with E-state index in [9.17, 15) is 8.78 Å². The Hall–Kier alpha value is -2.29. The van der Waals surface area contributed by atoms with Crippen molar-refractivity contribution in [3.63, 3.8) is 0 Å². The summed E-state index contributed by atoms with van der Waals surface area (Å²) in [6.45, 7) is 3.75. The first-order valence-electron chi connectivity index (χ1n) is 7.75. The minimum atomic E-state index is -2.91. The average molecular weight is 339 g/mol. The third-order valence-electron chi connectivity index (χ3n) is 4.14. The second-order valence-electron chi connectivity index (χ2n) is 5.66. The summed E-state index contributed by atoms with van der Waals surface area (Å²) < 4.78 is 34.4. The largest absolute Gasteiger partial charge is 0.460 e.